The number of nitrogens with zero attached hydrogens (tertiary/aromatic N) is 1. The molecule has 8 heteroatoms. The quantitative estimate of drug-likeness (QED) is 0.689. The average Bonchev–Trinajstić information content (AvgIpc) is 2.73. The van der Waals surface area contributed by atoms with Gasteiger partial charge in [-0.25, -0.2) is 8.42 Å². The van der Waals surface area contributed by atoms with Gasteiger partial charge in [-0.05, 0) is 68.1 Å². The first-order chi connectivity index (χ1) is 14.3. The fraction of sp³-hybridized carbons (Fsp3) is 0.409. The van der Waals surface area contributed by atoms with Crippen LogP contribution in [0.3, 0.4) is 0 Å². The third kappa shape index (κ3) is 5.53. The lowest BCUT2D eigenvalue weighted by Crippen LogP contribution is -2.35. The van der Waals surface area contributed by atoms with Crippen molar-refractivity contribution < 1.29 is 17.9 Å². The minimum Gasteiger partial charge on any atom is -0.484 e. The molecule has 3 rings (SSSR count). The van der Waals surface area contributed by atoms with E-state index in [2.05, 4.69) is 5.32 Å². The summed E-state index contributed by atoms with van der Waals surface area (Å²) in [6.45, 7) is 4.62. The lowest BCUT2D eigenvalue weighted by molar-refractivity contribution is -0.123. The average molecular weight is 451 g/mol. The van der Waals surface area contributed by atoms with Crippen LogP contribution in [0.1, 0.15) is 43.4 Å². The number of rotatable bonds is 7. The maximum absolute atomic E-state index is 12.8. The Hall–Kier alpha value is -2.09. The predicted octanol–water partition coefficient (Wildman–Crippen LogP) is 4.08. The Kier molecular flexibility index (Phi) is 7.39. The van der Waals surface area contributed by atoms with Crippen molar-refractivity contribution in [3.8, 4) is 5.75 Å². The molecule has 0 aliphatic carbocycles. The minimum absolute atomic E-state index is 0.156. The summed E-state index contributed by atoms with van der Waals surface area (Å²) in [5, 5.41) is 3.51. The number of benzene rings is 2. The summed E-state index contributed by atoms with van der Waals surface area (Å²) < 4.78 is 32.8. The molecular formula is C22H27ClN2O4S. The largest absolute Gasteiger partial charge is 0.484 e. The van der Waals surface area contributed by atoms with Gasteiger partial charge in [0.15, 0.2) is 6.61 Å². The molecule has 30 heavy (non-hydrogen) atoms. The molecule has 1 aliphatic heterocycles. The molecule has 1 fully saturated rings. The Morgan fingerprint density at radius 2 is 1.80 bits per heavy atom. The Morgan fingerprint density at radius 3 is 2.43 bits per heavy atom. The van der Waals surface area contributed by atoms with Crippen LogP contribution in [0.5, 0.6) is 5.75 Å². The van der Waals surface area contributed by atoms with Crippen molar-refractivity contribution in [2.24, 2.45) is 0 Å². The van der Waals surface area contributed by atoms with Gasteiger partial charge in [0.2, 0.25) is 10.0 Å². The van der Waals surface area contributed by atoms with E-state index in [-0.39, 0.29) is 23.5 Å². The summed E-state index contributed by atoms with van der Waals surface area (Å²) >= 11 is 5.89. The highest BCUT2D eigenvalue weighted by atomic mass is 35.5. The number of sulfonamides is 1. The fourth-order valence-corrected chi connectivity index (χ4v) is 5.19. The van der Waals surface area contributed by atoms with Crippen LogP contribution in [-0.2, 0) is 14.8 Å². The molecule has 0 aromatic heterocycles. The maximum Gasteiger partial charge on any atom is 0.258 e. The van der Waals surface area contributed by atoms with Crippen molar-refractivity contribution in [1.29, 1.82) is 0 Å². The maximum atomic E-state index is 12.8. The third-order valence-corrected chi connectivity index (χ3v) is 7.35. The molecule has 6 nitrogen and oxygen atoms in total. The summed E-state index contributed by atoms with van der Waals surface area (Å²) in [4.78, 5) is 12.5. The van der Waals surface area contributed by atoms with Crippen LogP contribution in [0.25, 0.3) is 0 Å². The standard InChI is InChI=1S/C22H27ClN2O4S/c1-16-14-20(30(27,28)25-12-4-3-5-13-25)10-11-21(16)29-15-22(26)24-17(2)18-6-8-19(23)9-7-18/h6-11,14,17H,3-5,12-13,15H2,1-2H3,(H,24,26)/t17-/m1/s1. The molecule has 2 aromatic carbocycles. The lowest BCUT2D eigenvalue weighted by Gasteiger charge is -2.26. The number of carbonyl (C=O) groups excluding carboxylic acids is 1. The second-order valence-electron chi connectivity index (χ2n) is 7.52. The van der Waals surface area contributed by atoms with Crippen LogP contribution >= 0.6 is 11.6 Å². The molecule has 0 bridgehead atoms. The van der Waals surface area contributed by atoms with Crippen LogP contribution in [0.15, 0.2) is 47.4 Å². The first kappa shape index (κ1) is 22.6. The monoisotopic (exact) mass is 450 g/mol. The minimum atomic E-state index is -3.49. The number of aryl methyl sites for hydroxylation is 1. The van der Waals surface area contributed by atoms with E-state index in [4.69, 9.17) is 16.3 Å². The number of hydrogen-bond donors (Lipinski definition) is 1. The van der Waals surface area contributed by atoms with E-state index in [0.29, 0.717) is 29.4 Å². The summed E-state index contributed by atoms with van der Waals surface area (Å²) in [7, 11) is -3.49. The van der Waals surface area contributed by atoms with E-state index in [0.717, 1.165) is 24.8 Å². The van der Waals surface area contributed by atoms with E-state index in [1.54, 1.807) is 37.3 Å². The smallest absolute Gasteiger partial charge is 0.258 e. The number of nitrogens with one attached hydrogen (secondary N) is 1. The van der Waals surface area contributed by atoms with Crippen LogP contribution in [0, 0.1) is 6.92 Å². The van der Waals surface area contributed by atoms with Crippen LogP contribution in [0.4, 0.5) is 0 Å². The summed E-state index contributed by atoms with van der Waals surface area (Å²) in [6.07, 6.45) is 2.85. The molecule has 1 atom stereocenters. The van der Waals surface area contributed by atoms with Crippen molar-refractivity contribution in [1.82, 2.24) is 9.62 Å². The van der Waals surface area contributed by atoms with Gasteiger partial charge in [-0.3, -0.25) is 4.79 Å². The first-order valence-electron chi connectivity index (χ1n) is 10.1. The molecule has 0 unspecified atom stereocenters. The number of piperidine rings is 1. The topological polar surface area (TPSA) is 75.7 Å². The van der Waals surface area contributed by atoms with Gasteiger partial charge in [0.1, 0.15) is 5.75 Å². The van der Waals surface area contributed by atoms with Crippen molar-refractivity contribution in [2.45, 2.75) is 44.0 Å². The zero-order chi connectivity index (χ0) is 21.7. The summed E-state index contributed by atoms with van der Waals surface area (Å²) in [5.41, 5.74) is 1.61. The number of ether oxygens (including phenoxy) is 1. The van der Waals surface area contributed by atoms with Crippen molar-refractivity contribution in [3.63, 3.8) is 0 Å². The van der Waals surface area contributed by atoms with Crippen LogP contribution in [0.2, 0.25) is 5.02 Å². The third-order valence-electron chi connectivity index (χ3n) is 5.21. The van der Waals surface area contributed by atoms with Crippen LogP contribution in [-0.4, -0.2) is 38.3 Å². The van der Waals surface area contributed by atoms with Crippen molar-refractivity contribution >= 4 is 27.5 Å². The zero-order valence-corrected chi connectivity index (χ0v) is 18.8. The van der Waals surface area contributed by atoms with Crippen molar-refractivity contribution in [3.05, 3.63) is 58.6 Å². The predicted molar refractivity (Wildman–Crippen MR) is 117 cm³/mol. The second kappa shape index (κ2) is 9.81. The SMILES string of the molecule is Cc1cc(S(=O)(=O)N2CCCCC2)ccc1OCC(=O)N[C@H](C)c1ccc(Cl)cc1. The number of carbonyl (C=O) groups is 1. The zero-order valence-electron chi connectivity index (χ0n) is 17.2. The highest BCUT2D eigenvalue weighted by Crippen LogP contribution is 2.26. The van der Waals surface area contributed by atoms with E-state index in [1.807, 2.05) is 19.1 Å². The van der Waals surface area contributed by atoms with Gasteiger partial charge < -0.3 is 10.1 Å². The van der Waals surface area contributed by atoms with Gasteiger partial charge in [0.05, 0.1) is 10.9 Å². The molecule has 1 aliphatic rings. The Bertz CT molecular complexity index is 987. The Morgan fingerprint density at radius 1 is 1.13 bits per heavy atom. The van der Waals surface area contributed by atoms with E-state index in [1.165, 1.54) is 4.31 Å². The molecule has 1 N–H and O–H groups in total. The molecule has 1 saturated heterocycles. The van der Waals surface area contributed by atoms with E-state index < -0.39 is 10.0 Å². The number of hydrogen-bond acceptors (Lipinski definition) is 4. The molecule has 0 saturated carbocycles. The Labute approximate surface area is 183 Å². The van der Waals surface area contributed by atoms with Gasteiger partial charge in [-0.2, -0.15) is 4.31 Å². The fourth-order valence-electron chi connectivity index (χ4n) is 3.46. The second-order valence-corrected chi connectivity index (χ2v) is 9.90. The summed E-state index contributed by atoms with van der Waals surface area (Å²) in [6, 6.07) is 11.9. The number of amides is 1. The van der Waals surface area contributed by atoms with E-state index in [9.17, 15) is 13.2 Å². The van der Waals surface area contributed by atoms with Gasteiger partial charge in [0, 0.05) is 18.1 Å². The highest BCUT2D eigenvalue weighted by Gasteiger charge is 2.26. The lowest BCUT2D eigenvalue weighted by atomic mass is 10.1. The van der Waals surface area contributed by atoms with Crippen molar-refractivity contribution in [2.75, 3.05) is 19.7 Å². The van der Waals surface area contributed by atoms with Gasteiger partial charge in [-0.1, -0.05) is 30.2 Å². The molecule has 2 aromatic rings. The molecule has 162 valence electrons. The highest BCUT2D eigenvalue weighted by molar-refractivity contribution is 7.89. The van der Waals surface area contributed by atoms with Gasteiger partial charge in [0.25, 0.3) is 5.91 Å². The van der Waals surface area contributed by atoms with Crippen LogP contribution < -0.4 is 10.1 Å². The van der Waals surface area contributed by atoms with Gasteiger partial charge >= 0.3 is 0 Å². The summed E-state index contributed by atoms with van der Waals surface area (Å²) in [5.74, 6) is 0.226. The number of halogens is 1. The molecular weight excluding hydrogens is 424 g/mol. The molecule has 1 heterocycles. The van der Waals surface area contributed by atoms with E-state index >= 15 is 0 Å². The Balaban J connectivity index is 1.59. The first-order valence-corrected chi connectivity index (χ1v) is 11.9. The molecule has 1 amide bonds. The normalized spacial score (nSPS) is 16.1. The van der Waals surface area contributed by atoms with Gasteiger partial charge in [-0.15, -0.1) is 0 Å². The molecule has 0 spiro atoms. The molecule has 0 radical (unpaired) electrons.